The third kappa shape index (κ3) is 7.60. The minimum absolute atomic E-state index is 0.0120. The minimum atomic E-state index is -0.0120. The summed E-state index contributed by atoms with van der Waals surface area (Å²) in [6.07, 6.45) is 11.4. The van der Waals surface area contributed by atoms with Crippen molar-refractivity contribution in [3.8, 4) is 0 Å². The number of halogens is 1. The standard InChI is InChI=1S/C28H40FNOS/c1-4-5-6-8-22-10-13-24(14-11-22)25-15-17-26(18-16-25)27-19-12-23(21-28(27)29)9-7-20-30(2)32-31-3/h10-14,19,21,25-26H,4-9,15-18,20H2,1-3H3. The topological polar surface area (TPSA) is 12.5 Å². The van der Waals surface area contributed by atoms with Gasteiger partial charge in [-0.05, 0) is 98.6 Å². The fourth-order valence-corrected chi connectivity index (χ4v) is 5.46. The van der Waals surface area contributed by atoms with Crippen LogP contribution in [-0.4, -0.2) is 25.0 Å². The predicted molar refractivity (Wildman–Crippen MR) is 136 cm³/mol. The van der Waals surface area contributed by atoms with Crippen LogP contribution in [0.2, 0.25) is 0 Å². The number of rotatable bonds is 12. The van der Waals surface area contributed by atoms with Crippen LogP contribution in [0.3, 0.4) is 0 Å². The molecule has 0 aliphatic heterocycles. The zero-order valence-electron chi connectivity index (χ0n) is 20.1. The molecular formula is C28H40FNOS. The van der Waals surface area contributed by atoms with Gasteiger partial charge in [0.25, 0.3) is 0 Å². The van der Waals surface area contributed by atoms with Crippen molar-refractivity contribution in [3.05, 3.63) is 70.5 Å². The zero-order chi connectivity index (χ0) is 22.8. The monoisotopic (exact) mass is 457 g/mol. The van der Waals surface area contributed by atoms with E-state index in [-0.39, 0.29) is 5.82 Å². The highest BCUT2D eigenvalue weighted by molar-refractivity contribution is 7.92. The van der Waals surface area contributed by atoms with Crippen molar-refractivity contribution in [2.24, 2.45) is 0 Å². The Morgan fingerprint density at radius 2 is 1.56 bits per heavy atom. The lowest BCUT2D eigenvalue weighted by molar-refractivity contribution is 0.387. The predicted octanol–water partition coefficient (Wildman–Crippen LogP) is 8.07. The quantitative estimate of drug-likeness (QED) is 0.182. The first-order chi connectivity index (χ1) is 15.6. The first-order valence-corrected chi connectivity index (χ1v) is 13.1. The number of hydrogen-bond donors (Lipinski definition) is 0. The highest BCUT2D eigenvalue weighted by atomic mass is 32.2. The van der Waals surface area contributed by atoms with Gasteiger partial charge >= 0.3 is 0 Å². The molecule has 0 unspecified atom stereocenters. The van der Waals surface area contributed by atoms with Crippen molar-refractivity contribution in [2.75, 3.05) is 20.7 Å². The van der Waals surface area contributed by atoms with Crippen LogP contribution in [-0.2, 0) is 17.0 Å². The molecule has 0 radical (unpaired) electrons. The SMILES string of the molecule is CCCCCc1ccc(C2CCC(c3ccc(CCCN(C)SOC)cc3F)CC2)cc1. The van der Waals surface area contributed by atoms with E-state index >= 15 is 0 Å². The highest BCUT2D eigenvalue weighted by Crippen LogP contribution is 2.41. The maximum atomic E-state index is 14.9. The second kappa shape index (κ2) is 13.4. The maximum absolute atomic E-state index is 14.9. The van der Waals surface area contributed by atoms with Crippen molar-refractivity contribution in [3.63, 3.8) is 0 Å². The second-order valence-electron chi connectivity index (χ2n) is 9.30. The molecule has 0 spiro atoms. The van der Waals surface area contributed by atoms with Gasteiger partial charge < -0.3 is 4.18 Å². The molecular weight excluding hydrogens is 417 g/mol. The molecule has 176 valence electrons. The summed E-state index contributed by atoms with van der Waals surface area (Å²) >= 11 is 1.35. The van der Waals surface area contributed by atoms with Gasteiger partial charge in [-0.15, -0.1) is 0 Å². The minimum Gasteiger partial charge on any atom is -0.304 e. The molecule has 0 atom stereocenters. The van der Waals surface area contributed by atoms with Gasteiger partial charge in [-0.1, -0.05) is 56.2 Å². The normalized spacial score (nSPS) is 18.9. The molecule has 0 amide bonds. The molecule has 3 rings (SSSR count). The molecule has 0 N–H and O–H groups in total. The third-order valence-electron chi connectivity index (χ3n) is 6.89. The van der Waals surface area contributed by atoms with Crippen LogP contribution >= 0.6 is 12.2 Å². The van der Waals surface area contributed by atoms with Gasteiger partial charge in [0, 0.05) is 6.54 Å². The van der Waals surface area contributed by atoms with Crippen LogP contribution in [0.5, 0.6) is 0 Å². The third-order valence-corrected chi connectivity index (χ3v) is 7.48. The number of nitrogens with zero attached hydrogens (tertiary/aromatic N) is 1. The van der Waals surface area contributed by atoms with Gasteiger partial charge in [0.2, 0.25) is 0 Å². The molecule has 1 fully saturated rings. The van der Waals surface area contributed by atoms with Gasteiger partial charge in [-0.3, -0.25) is 0 Å². The van der Waals surface area contributed by atoms with Crippen molar-refractivity contribution >= 4 is 12.2 Å². The van der Waals surface area contributed by atoms with Crippen LogP contribution in [0.4, 0.5) is 4.39 Å². The molecule has 0 aromatic heterocycles. The van der Waals surface area contributed by atoms with E-state index in [1.807, 2.05) is 13.1 Å². The lowest BCUT2D eigenvalue weighted by Crippen LogP contribution is -2.14. The lowest BCUT2D eigenvalue weighted by Gasteiger charge is -2.29. The maximum Gasteiger partial charge on any atom is 0.126 e. The van der Waals surface area contributed by atoms with Crippen LogP contribution in [0.25, 0.3) is 0 Å². The number of aryl methyl sites for hydroxylation is 2. The molecule has 0 heterocycles. The zero-order valence-corrected chi connectivity index (χ0v) is 20.9. The Morgan fingerprint density at radius 1 is 0.906 bits per heavy atom. The molecule has 1 aliphatic rings. The van der Waals surface area contributed by atoms with Crippen molar-refractivity contribution in [1.29, 1.82) is 0 Å². The summed E-state index contributed by atoms with van der Waals surface area (Å²) in [4.78, 5) is 0. The molecule has 2 aromatic carbocycles. The van der Waals surface area contributed by atoms with E-state index in [9.17, 15) is 4.39 Å². The van der Waals surface area contributed by atoms with Gasteiger partial charge in [0.15, 0.2) is 0 Å². The Morgan fingerprint density at radius 3 is 2.22 bits per heavy atom. The van der Waals surface area contributed by atoms with Crippen LogP contribution in [0.15, 0.2) is 42.5 Å². The summed E-state index contributed by atoms with van der Waals surface area (Å²) in [5.41, 5.74) is 4.94. The largest absolute Gasteiger partial charge is 0.304 e. The summed E-state index contributed by atoms with van der Waals surface area (Å²) in [5.74, 6) is 0.972. The van der Waals surface area contributed by atoms with E-state index in [4.69, 9.17) is 4.18 Å². The summed E-state index contributed by atoms with van der Waals surface area (Å²) in [6.45, 7) is 3.18. The summed E-state index contributed by atoms with van der Waals surface area (Å²) in [6, 6.07) is 15.3. The van der Waals surface area contributed by atoms with E-state index in [0.29, 0.717) is 11.8 Å². The second-order valence-corrected chi connectivity index (χ2v) is 10.4. The van der Waals surface area contributed by atoms with E-state index in [0.717, 1.165) is 56.2 Å². The van der Waals surface area contributed by atoms with Crippen LogP contribution < -0.4 is 0 Å². The van der Waals surface area contributed by atoms with E-state index in [1.165, 1.54) is 49.0 Å². The van der Waals surface area contributed by atoms with Crippen molar-refractivity contribution in [2.45, 2.75) is 83.0 Å². The Balaban J connectivity index is 1.48. The molecule has 1 saturated carbocycles. The van der Waals surface area contributed by atoms with Crippen LogP contribution in [0, 0.1) is 5.82 Å². The number of benzene rings is 2. The fraction of sp³-hybridized carbons (Fsp3) is 0.571. The molecule has 1 aliphatic carbocycles. The highest BCUT2D eigenvalue weighted by Gasteiger charge is 2.25. The summed E-state index contributed by atoms with van der Waals surface area (Å²) < 4.78 is 22.0. The van der Waals surface area contributed by atoms with Crippen molar-refractivity contribution < 1.29 is 8.57 Å². The average Bonchev–Trinajstić information content (AvgIpc) is 2.80. The summed E-state index contributed by atoms with van der Waals surface area (Å²) in [7, 11) is 3.68. The first kappa shape index (κ1) is 25.3. The van der Waals surface area contributed by atoms with Gasteiger partial charge in [0.05, 0.1) is 19.3 Å². The van der Waals surface area contributed by atoms with Crippen LogP contribution in [0.1, 0.15) is 92.4 Å². The van der Waals surface area contributed by atoms with Crippen molar-refractivity contribution in [1.82, 2.24) is 4.31 Å². The van der Waals surface area contributed by atoms with Gasteiger partial charge in [-0.2, -0.15) is 0 Å². The number of hydrogen-bond acceptors (Lipinski definition) is 3. The average molecular weight is 458 g/mol. The lowest BCUT2D eigenvalue weighted by atomic mass is 9.76. The Kier molecular flexibility index (Phi) is 10.6. The Bertz CT molecular complexity index is 802. The molecule has 2 nitrogen and oxygen atoms in total. The summed E-state index contributed by atoms with van der Waals surface area (Å²) in [5, 5.41) is 0. The smallest absolute Gasteiger partial charge is 0.126 e. The van der Waals surface area contributed by atoms with E-state index < -0.39 is 0 Å². The van der Waals surface area contributed by atoms with Gasteiger partial charge in [-0.25, -0.2) is 8.70 Å². The van der Waals surface area contributed by atoms with E-state index in [2.05, 4.69) is 41.6 Å². The Labute approximate surface area is 199 Å². The Hall–Kier alpha value is -1.36. The number of unbranched alkanes of at least 4 members (excludes halogenated alkanes) is 2. The molecule has 32 heavy (non-hydrogen) atoms. The molecule has 2 aromatic rings. The molecule has 0 bridgehead atoms. The first-order valence-electron chi connectivity index (χ1n) is 12.4. The molecule has 4 heteroatoms. The molecule has 0 saturated heterocycles. The van der Waals surface area contributed by atoms with E-state index in [1.54, 1.807) is 13.2 Å². The fourth-order valence-electron chi connectivity index (χ4n) is 5.00. The van der Waals surface area contributed by atoms with Gasteiger partial charge in [0.1, 0.15) is 5.82 Å².